The van der Waals surface area contributed by atoms with Crippen molar-refractivity contribution in [1.29, 1.82) is 0 Å². The first-order valence-corrected chi connectivity index (χ1v) is 4.33. The zero-order chi connectivity index (χ0) is 3.41. The van der Waals surface area contributed by atoms with Crippen molar-refractivity contribution in [2.75, 3.05) is 0 Å². The van der Waals surface area contributed by atoms with E-state index >= 15 is 0 Å². The molecule has 0 aliphatic heterocycles. The van der Waals surface area contributed by atoms with E-state index in [-0.39, 0.29) is 0 Å². The molecule has 2 heteroatoms. The van der Waals surface area contributed by atoms with Crippen molar-refractivity contribution in [1.82, 2.24) is 0 Å². The molecular formula is C2H7LiSi. The van der Waals surface area contributed by atoms with Gasteiger partial charge in [0.2, 0.25) is 0 Å². The molecule has 0 fully saturated rings. The molecule has 0 spiro atoms. The Balaban J connectivity index is 1.97. The Hall–Kier alpha value is 0.814. The molecule has 0 radical (unpaired) electrons. The van der Waals surface area contributed by atoms with Gasteiger partial charge in [0.15, 0.2) is 0 Å². The predicted octanol–water partition coefficient (Wildman–Crippen LogP) is -0.323. The van der Waals surface area contributed by atoms with Gasteiger partial charge in [-0.25, -0.2) is 0 Å². The maximum atomic E-state index is 2.32. The molecule has 0 aliphatic carbocycles. The van der Waals surface area contributed by atoms with Crippen LogP contribution in [0.4, 0.5) is 0 Å². The monoisotopic (exact) mass is 66.0 g/mol. The standard InChI is InChI=1S/C2H7Si.Li/c1-2-3;/h2-3H2,1H3;. The van der Waals surface area contributed by atoms with Gasteiger partial charge in [-0.15, -0.1) is 0 Å². The van der Waals surface area contributed by atoms with Crippen LogP contribution in [0.5, 0.6) is 0 Å². The molecule has 0 bridgehead atoms. The molecule has 0 amide bonds. The van der Waals surface area contributed by atoms with Crippen molar-refractivity contribution in [2.45, 2.75) is 13.0 Å². The third-order valence-electron chi connectivity index (χ3n) is 0.500. The molecule has 0 N–H and O–H groups in total. The van der Waals surface area contributed by atoms with Crippen LogP contribution in [0.2, 0.25) is 6.04 Å². The van der Waals surface area contributed by atoms with E-state index in [9.17, 15) is 0 Å². The van der Waals surface area contributed by atoms with E-state index in [0.717, 1.165) is 0 Å². The predicted molar refractivity (Wildman–Crippen MR) is 24.8 cm³/mol. The SMILES string of the molecule is [Li][SiH2]CC. The van der Waals surface area contributed by atoms with Crippen LogP contribution in [0.25, 0.3) is 0 Å². The van der Waals surface area contributed by atoms with E-state index in [1.807, 2.05) is 0 Å². The van der Waals surface area contributed by atoms with Crippen LogP contribution in [0.15, 0.2) is 0 Å². The average Bonchev–Trinajstić information content (AvgIpc) is 1.37. The molecule has 0 heterocycles. The summed E-state index contributed by atoms with van der Waals surface area (Å²) >= 11 is 2.32. The van der Waals surface area contributed by atoms with Gasteiger partial charge < -0.3 is 0 Å². The van der Waals surface area contributed by atoms with E-state index in [1.54, 1.807) is 0 Å². The molecular weight excluding hydrogens is 59.0 g/mol. The van der Waals surface area contributed by atoms with Gasteiger partial charge in [-0.1, -0.05) is 0 Å². The molecule has 0 nitrogen and oxygen atoms in total. The summed E-state index contributed by atoms with van der Waals surface area (Å²) in [6, 6.07) is 1.46. The minimum atomic E-state index is 0.424. The van der Waals surface area contributed by atoms with Crippen molar-refractivity contribution >= 4 is 24.9 Å². The molecule has 20 valence electrons. The molecule has 4 heavy (non-hydrogen) atoms. The fourth-order valence-corrected chi connectivity index (χ4v) is 0. The Bertz CT molecular complexity index is 8.00. The molecule has 0 rings (SSSR count). The van der Waals surface area contributed by atoms with Gasteiger partial charge in [0.1, 0.15) is 0 Å². The van der Waals surface area contributed by atoms with Gasteiger partial charge in [0, 0.05) is 0 Å². The summed E-state index contributed by atoms with van der Waals surface area (Å²) in [6.45, 7) is 2.24. The third-order valence-corrected chi connectivity index (χ3v) is 1.50. The molecule has 0 unspecified atom stereocenters. The third kappa shape index (κ3) is 2.81. The van der Waals surface area contributed by atoms with Crippen LogP contribution in [0, 0.1) is 0 Å². The van der Waals surface area contributed by atoms with Crippen LogP contribution in [-0.4, -0.2) is 24.9 Å². The van der Waals surface area contributed by atoms with Crippen LogP contribution in [-0.2, 0) is 0 Å². The zero-order valence-corrected chi connectivity index (χ0v) is 4.83. The van der Waals surface area contributed by atoms with Crippen LogP contribution < -0.4 is 0 Å². The van der Waals surface area contributed by atoms with Crippen molar-refractivity contribution < 1.29 is 0 Å². The fourth-order valence-electron chi connectivity index (χ4n) is 0. The molecule has 0 aromatic carbocycles. The van der Waals surface area contributed by atoms with Gasteiger partial charge in [0.25, 0.3) is 0 Å². The summed E-state index contributed by atoms with van der Waals surface area (Å²) in [5.41, 5.74) is 0. The maximum absolute atomic E-state index is 2.32. The van der Waals surface area contributed by atoms with Crippen LogP contribution in [0.1, 0.15) is 6.92 Å². The Morgan fingerprint density at radius 3 is 2.25 bits per heavy atom. The summed E-state index contributed by atoms with van der Waals surface area (Å²) in [6.07, 6.45) is 0. The quantitative estimate of drug-likeness (QED) is 0.368. The molecule has 0 saturated carbocycles. The first-order chi connectivity index (χ1) is 1.91. The van der Waals surface area contributed by atoms with E-state index < -0.39 is 0 Å². The van der Waals surface area contributed by atoms with Crippen molar-refractivity contribution in [3.05, 3.63) is 0 Å². The Kier molecular flexibility index (Phi) is 4.59. The Morgan fingerprint density at radius 2 is 2.25 bits per heavy atom. The average molecular weight is 66.1 g/mol. The van der Waals surface area contributed by atoms with Gasteiger partial charge in [0.05, 0.1) is 0 Å². The van der Waals surface area contributed by atoms with E-state index in [2.05, 4.69) is 24.0 Å². The summed E-state index contributed by atoms with van der Waals surface area (Å²) in [5.74, 6) is 0. The van der Waals surface area contributed by atoms with E-state index in [0.29, 0.717) is 7.84 Å². The second-order valence-electron chi connectivity index (χ2n) is 1.000. The zero-order valence-electron chi connectivity index (χ0n) is 3.41. The first kappa shape index (κ1) is 4.81. The van der Waals surface area contributed by atoms with Crippen molar-refractivity contribution in [2.24, 2.45) is 0 Å². The van der Waals surface area contributed by atoms with Crippen LogP contribution in [0.3, 0.4) is 0 Å². The van der Waals surface area contributed by atoms with Gasteiger partial charge in [-0.2, -0.15) is 0 Å². The minimum absolute atomic E-state index is 0.424. The molecule has 0 atom stereocenters. The molecule has 0 aliphatic rings. The van der Waals surface area contributed by atoms with Gasteiger partial charge in [-0.05, 0) is 0 Å². The molecule has 0 aromatic heterocycles. The Labute approximate surface area is 38.3 Å². The summed E-state index contributed by atoms with van der Waals surface area (Å²) < 4.78 is 0. The topological polar surface area (TPSA) is 0 Å². The summed E-state index contributed by atoms with van der Waals surface area (Å²) in [5, 5.41) is 0. The van der Waals surface area contributed by atoms with Gasteiger partial charge in [-0.3, -0.25) is 0 Å². The van der Waals surface area contributed by atoms with Gasteiger partial charge >= 0.3 is 37.8 Å². The second kappa shape index (κ2) is 3.81. The number of hydrogen-bond acceptors (Lipinski definition) is 0. The fraction of sp³-hybridized carbons (Fsp3) is 1.00. The molecule has 0 aromatic rings. The van der Waals surface area contributed by atoms with Crippen molar-refractivity contribution in [3.63, 3.8) is 0 Å². The van der Waals surface area contributed by atoms with E-state index in [1.165, 1.54) is 6.04 Å². The Morgan fingerprint density at radius 1 is 2.00 bits per heavy atom. The number of hydrogen-bond donors (Lipinski definition) is 0. The summed E-state index contributed by atoms with van der Waals surface area (Å²) in [4.78, 5) is 0. The second-order valence-corrected chi connectivity index (χ2v) is 3.00. The van der Waals surface area contributed by atoms with Crippen LogP contribution >= 0.6 is 0 Å². The van der Waals surface area contributed by atoms with Crippen molar-refractivity contribution in [3.8, 4) is 0 Å². The molecule has 0 saturated heterocycles. The van der Waals surface area contributed by atoms with E-state index in [4.69, 9.17) is 0 Å². The first-order valence-electron chi connectivity index (χ1n) is 1.91. The normalized spacial score (nSPS) is 10.8. The number of rotatable bonds is 1. The summed E-state index contributed by atoms with van der Waals surface area (Å²) in [7, 11) is 0.424.